The summed E-state index contributed by atoms with van der Waals surface area (Å²) in [6.07, 6.45) is 1.22. The number of aryl methyl sites for hydroxylation is 1. The lowest BCUT2D eigenvalue weighted by Crippen LogP contribution is -2.51. The van der Waals surface area contributed by atoms with Crippen LogP contribution in [0.3, 0.4) is 0 Å². The predicted molar refractivity (Wildman–Crippen MR) is 90.9 cm³/mol. The Bertz CT molecular complexity index is 670. The molecule has 0 radical (unpaired) electrons. The highest BCUT2D eigenvalue weighted by Crippen LogP contribution is 2.08. The topological polar surface area (TPSA) is 102 Å². The van der Waals surface area contributed by atoms with Gasteiger partial charge in [0.15, 0.2) is 0 Å². The number of amides is 1. The van der Waals surface area contributed by atoms with E-state index in [1.807, 2.05) is 31.2 Å². The summed E-state index contributed by atoms with van der Waals surface area (Å²) in [7, 11) is -3.53. The van der Waals surface area contributed by atoms with E-state index in [-0.39, 0.29) is 13.0 Å². The van der Waals surface area contributed by atoms with Gasteiger partial charge in [-0.1, -0.05) is 29.8 Å². The Kier molecular flexibility index (Phi) is 7.37. The van der Waals surface area contributed by atoms with Gasteiger partial charge in [-0.3, -0.25) is 4.79 Å². The highest BCUT2D eigenvalue weighted by molar-refractivity contribution is 7.88. The molecule has 1 rings (SSSR count). The number of hydrogen-bond donors (Lipinski definition) is 2. The molecule has 1 aromatic rings. The molecule has 134 valence electrons. The maximum absolute atomic E-state index is 12.1. The van der Waals surface area contributed by atoms with Crippen molar-refractivity contribution >= 4 is 21.9 Å². The summed E-state index contributed by atoms with van der Waals surface area (Å²) in [5.41, 5.74) is 1.95. The molecule has 8 heteroatoms. The fourth-order valence-corrected chi connectivity index (χ4v) is 2.82. The zero-order valence-electron chi connectivity index (χ0n) is 14.3. The van der Waals surface area contributed by atoms with Crippen molar-refractivity contribution in [2.24, 2.45) is 0 Å². The van der Waals surface area contributed by atoms with Crippen LogP contribution in [0, 0.1) is 6.92 Å². The molecule has 1 amide bonds. The van der Waals surface area contributed by atoms with Crippen LogP contribution in [-0.2, 0) is 30.8 Å². The molecule has 0 aliphatic carbocycles. The Hall–Kier alpha value is -1.93. The van der Waals surface area contributed by atoms with Crippen LogP contribution >= 0.6 is 0 Å². The van der Waals surface area contributed by atoms with Gasteiger partial charge in [-0.25, -0.2) is 17.9 Å². The van der Waals surface area contributed by atoms with Gasteiger partial charge in [0.25, 0.3) is 0 Å². The molecule has 0 bridgehead atoms. The first kappa shape index (κ1) is 20.1. The average Bonchev–Trinajstić information content (AvgIpc) is 2.47. The highest BCUT2D eigenvalue weighted by atomic mass is 32.2. The lowest BCUT2D eigenvalue weighted by Gasteiger charge is -2.20. The van der Waals surface area contributed by atoms with Gasteiger partial charge in [0.05, 0.1) is 18.9 Å². The van der Waals surface area contributed by atoms with Gasteiger partial charge in [0.2, 0.25) is 15.9 Å². The number of sulfonamides is 1. The van der Waals surface area contributed by atoms with Crippen molar-refractivity contribution in [3.05, 3.63) is 35.4 Å². The Labute approximate surface area is 142 Å². The highest BCUT2D eigenvalue weighted by Gasteiger charge is 2.26. The third kappa shape index (κ3) is 7.10. The number of ether oxygens (including phenoxy) is 1. The second-order valence-corrected chi connectivity index (χ2v) is 7.39. The molecule has 0 aromatic heterocycles. The van der Waals surface area contributed by atoms with E-state index in [4.69, 9.17) is 4.74 Å². The summed E-state index contributed by atoms with van der Waals surface area (Å²) in [5, 5.41) is 2.55. The molecule has 2 atom stereocenters. The molecule has 2 N–H and O–H groups in total. The first-order valence-electron chi connectivity index (χ1n) is 7.62. The van der Waals surface area contributed by atoms with Gasteiger partial charge in [0, 0.05) is 6.42 Å². The zero-order valence-corrected chi connectivity index (χ0v) is 15.1. The Morgan fingerprint density at radius 1 is 1.21 bits per heavy atom. The molecule has 24 heavy (non-hydrogen) atoms. The maximum atomic E-state index is 12.1. The summed E-state index contributed by atoms with van der Waals surface area (Å²) < 4.78 is 29.6. The Morgan fingerprint density at radius 2 is 1.79 bits per heavy atom. The minimum absolute atomic E-state index is 0.191. The monoisotopic (exact) mass is 356 g/mol. The lowest BCUT2D eigenvalue weighted by atomic mass is 10.0. The smallest absolute Gasteiger partial charge is 0.328 e. The molecule has 0 saturated heterocycles. The summed E-state index contributed by atoms with van der Waals surface area (Å²) in [5.74, 6) is -1.15. The Morgan fingerprint density at radius 3 is 2.29 bits per heavy atom. The standard InChI is InChI=1S/C16H24N2O5S/c1-5-23-16(20)14(10-13-8-6-11(2)7-9-13)17-15(19)12(3)18-24(4,21)22/h6-9,12,14,18H,5,10H2,1-4H3,(H,17,19)/t12-,14-/m0/s1. The van der Waals surface area contributed by atoms with E-state index >= 15 is 0 Å². The van der Waals surface area contributed by atoms with Crippen LogP contribution in [0.25, 0.3) is 0 Å². The summed E-state index contributed by atoms with van der Waals surface area (Å²) in [4.78, 5) is 24.2. The number of hydrogen-bond acceptors (Lipinski definition) is 5. The van der Waals surface area contributed by atoms with Crippen molar-refractivity contribution in [2.75, 3.05) is 12.9 Å². The van der Waals surface area contributed by atoms with Gasteiger partial charge in [0.1, 0.15) is 6.04 Å². The minimum Gasteiger partial charge on any atom is -0.464 e. The van der Waals surface area contributed by atoms with Crippen LogP contribution in [0.1, 0.15) is 25.0 Å². The van der Waals surface area contributed by atoms with Crippen LogP contribution in [0.5, 0.6) is 0 Å². The molecule has 0 heterocycles. The average molecular weight is 356 g/mol. The molecule has 0 fully saturated rings. The first-order chi connectivity index (χ1) is 11.1. The number of carbonyl (C=O) groups excluding carboxylic acids is 2. The van der Waals surface area contributed by atoms with Crippen LogP contribution in [0.15, 0.2) is 24.3 Å². The van der Waals surface area contributed by atoms with E-state index in [0.717, 1.165) is 17.4 Å². The summed E-state index contributed by atoms with van der Waals surface area (Å²) >= 11 is 0. The maximum Gasteiger partial charge on any atom is 0.328 e. The van der Waals surface area contributed by atoms with E-state index in [1.54, 1.807) is 6.92 Å². The van der Waals surface area contributed by atoms with E-state index < -0.39 is 34.0 Å². The fraction of sp³-hybridized carbons (Fsp3) is 0.500. The molecular formula is C16H24N2O5S. The molecule has 7 nitrogen and oxygen atoms in total. The lowest BCUT2D eigenvalue weighted by molar-refractivity contribution is -0.147. The van der Waals surface area contributed by atoms with Crippen LogP contribution < -0.4 is 10.0 Å². The van der Waals surface area contributed by atoms with Crippen molar-refractivity contribution in [2.45, 2.75) is 39.3 Å². The van der Waals surface area contributed by atoms with Gasteiger partial charge in [-0.2, -0.15) is 0 Å². The van der Waals surface area contributed by atoms with Crippen molar-refractivity contribution in [1.29, 1.82) is 0 Å². The number of rotatable bonds is 8. The molecule has 0 unspecified atom stereocenters. The predicted octanol–water partition coefficient (Wildman–Crippen LogP) is 0.523. The number of nitrogens with one attached hydrogen (secondary N) is 2. The van der Waals surface area contributed by atoms with Crippen molar-refractivity contribution in [3.8, 4) is 0 Å². The van der Waals surface area contributed by atoms with Crippen LogP contribution in [0.4, 0.5) is 0 Å². The SMILES string of the molecule is CCOC(=O)[C@H](Cc1ccc(C)cc1)NC(=O)[C@H](C)NS(C)(=O)=O. The van der Waals surface area contributed by atoms with Crippen LogP contribution in [-0.4, -0.2) is 45.2 Å². The molecule has 1 aromatic carbocycles. The van der Waals surface area contributed by atoms with Crippen molar-refractivity contribution in [1.82, 2.24) is 10.0 Å². The second-order valence-electron chi connectivity index (χ2n) is 5.61. The zero-order chi connectivity index (χ0) is 18.3. The molecule has 0 saturated carbocycles. The third-order valence-corrected chi connectivity index (χ3v) is 4.01. The Balaban J connectivity index is 2.83. The van der Waals surface area contributed by atoms with Gasteiger partial charge >= 0.3 is 5.97 Å². The minimum atomic E-state index is -3.53. The summed E-state index contributed by atoms with van der Waals surface area (Å²) in [6, 6.07) is 5.68. The molecule has 0 aliphatic heterocycles. The molecule has 0 spiro atoms. The van der Waals surface area contributed by atoms with Gasteiger partial charge in [-0.15, -0.1) is 0 Å². The normalized spacial score (nSPS) is 13.8. The largest absolute Gasteiger partial charge is 0.464 e. The van der Waals surface area contributed by atoms with Crippen molar-refractivity contribution < 1.29 is 22.7 Å². The number of carbonyl (C=O) groups is 2. The molecular weight excluding hydrogens is 332 g/mol. The van der Waals surface area contributed by atoms with Gasteiger partial charge in [-0.05, 0) is 26.3 Å². The summed E-state index contributed by atoms with van der Waals surface area (Å²) in [6.45, 7) is 5.23. The van der Waals surface area contributed by atoms with Crippen LogP contribution in [0.2, 0.25) is 0 Å². The van der Waals surface area contributed by atoms with E-state index in [9.17, 15) is 18.0 Å². The first-order valence-corrected chi connectivity index (χ1v) is 9.51. The quantitative estimate of drug-likeness (QED) is 0.662. The van der Waals surface area contributed by atoms with E-state index in [0.29, 0.717) is 0 Å². The fourth-order valence-electron chi connectivity index (χ4n) is 2.07. The number of esters is 1. The second kappa shape index (κ2) is 8.79. The van der Waals surface area contributed by atoms with E-state index in [2.05, 4.69) is 10.0 Å². The van der Waals surface area contributed by atoms with Crippen molar-refractivity contribution in [3.63, 3.8) is 0 Å². The number of benzene rings is 1. The van der Waals surface area contributed by atoms with E-state index in [1.165, 1.54) is 6.92 Å². The third-order valence-electron chi connectivity index (χ3n) is 3.23. The molecule has 0 aliphatic rings. The van der Waals surface area contributed by atoms with Gasteiger partial charge < -0.3 is 10.1 Å².